The minimum atomic E-state index is -0.450. The number of β-amino-alcohol motifs (C(OH)–C–C–N with tert-alkyl or cyclic N) is 1. The molecule has 9 nitrogen and oxygen atoms in total. The summed E-state index contributed by atoms with van der Waals surface area (Å²) in [7, 11) is 0. The van der Waals surface area contributed by atoms with Gasteiger partial charge >= 0.3 is 6.03 Å². The SMILES string of the molecule is O=C(Nc1ccccc1-c1ccccc1)NC1CCN(CC(O)CN2CCOCCOCCOCC2)CC1. The maximum absolute atomic E-state index is 12.8. The predicted molar refractivity (Wildman–Crippen MR) is 148 cm³/mol. The van der Waals surface area contributed by atoms with E-state index in [1.807, 2.05) is 54.6 Å². The van der Waals surface area contributed by atoms with Gasteiger partial charge in [-0.3, -0.25) is 4.90 Å². The molecule has 3 N–H and O–H groups in total. The highest BCUT2D eigenvalue weighted by Gasteiger charge is 2.23. The van der Waals surface area contributed by atoms with Gasteiger partial charge in [-0.2, -0.15) is 0 Å². The molecule has 2 aromatic rings. The maximum Gasteiger partial charge on any atom is 0.319 e. The van der Waals surface area contributed by atoms with Crippen LogP contribution in [-0.2, 0) is 14.2 Å². The van der Waals surface area contributed by atoms with Gasteiger partial charge in [0.25, 0.3) is 0 Å². The van der Waals surface area contributed by atoms with Crippen molar-refractivity contribution in [3.05, 3.63) is 54.6 Å². The molecular weight excluding hydrogens is 484 g/mol. The minimum Gasteiger partial charge on any atom is -0.390 e. The Labute approximate surface area is 226 Å². The number of likely N-dealkylation sites (tertiary alicyclic amines) is 1. The first-order chi connectivity index (χ1) is 18.7. The Morgan fingerprint density at radius 3 is 2.00 bits per heavy atom. The number of anilines is 1. The second-order valence-corrected chi connectivity index (χ2v) is 9.88. The second-order valence-electron chi connectivity index (χ2n) is 9.88. The Hall–Kier alpha value is -2.53. The van der Waals surface area contributed by atoms with Gasteiger partial charge in [0, 0.05) is 50.9 Å². The molecule has 2 saturated heterocycles. The van der Waals surface area contributed by atoms with Crippen LogP contribution in [-0.4, -0.2) is 112 Å². The Balaban J connectivity index is 1.18. The Kier molecular flexibility index (Phi) is 11.8. The van der Waals surface area contributed by atoms with Crippen LogP contribution in [0.4, 0.5) is 10.5 Å². The van der Waals surface area contributed by atoms with Crippen LogP contribution < -0.4 is 10.6 Å². The van der Waals surface area contributed by atoms with Crippen molar-refractivity contribution in [1.29, 1.82) is 0 Å². The summed E-state index contributed by atoms with van der Waals surface area (Å²) in [5, 5.41) is 16.9. The van der Waals surface area contributed by atoms with Crippen LogP contribution in [0.1, 0.15) is 12.8 Å². The number of piperidine rings is 1. The van der Waals surface area contributed by atoms with Crippen LogP contribution in [0.15, 0.2) is 54.6 Å². The standard InChI is InChI=1S/C29H42N4O5/c34-26(23-33-14-16-36-18-20-38-21-19-37-17-15-33)22-32-12-10-25(11-13-32)30-29(35)31-28-9-5-4-8-27(28)24-6-2-1-3-7-24/h1-9,25-26,34H,10-23H2,(H2,30,31,35). The van der Waals surface area contributed by atoms with Crippen LogP contribution in [0.25, 0.3) is 11.1 Å². The molecule has 2 fully saturated rings. The topological polar surface area (TPSA) is 95.5 Å². The van der Waals surface area contributed by atoms with E-state index in [2.05, 4.69) is 20.4 Å². The molecule has 2 amide bonds. The number of rotatable bonds is 7. The van der Waals surface area contributed by atoms with E-state index in [1.165, 1.54) is 0 Å². The van der Waals surface area contributed by atoms with Crippen LogP contribution in [0, 0.1) is 0 Å². The molecule has 38 heavy (non-hydrogen) atoms. The molecule has 1 atom stereocenters. The number of carbonyl (C=O) groups is 1. The van der Waals surface area contributed by atoms with Crippen molar-refractivity contribution in [1.82, 2.24) is 15.1 Å². The van der Waals surface area contributed by atoms with Gasteiger partial charge in [0.2, 0.25) is 0 Å². The summed E-state index contributed by atoms with van der Waals surface area (Å²) in [5.41, 5.74) is 2.86. The van der Waals surface area contributed by atoms with E-state index in [4.69, 9.17) is 14.2 Å². The highest BCUT2D eigenvalue weighted by Crippen LogP contribution is 2.27. The van der Waals surface area contributed by atoms with E-state index in [9.17, 15) is 9.90 Å². The largest absolute Gasteiger partial charge is 0.390 e. The highest BCUT2D eigenvalue weighted by atomic mass is 16.5. The van der Waals surface area contributed by atoms with Crippen LogP contribution in [0.5, 0.6) is 0 Å². The summed E-state index contributed by atoms with van der Waals surface area (Å²) in [6.45, 7) is 7.97. The summed E-state index contributed by atoms with van der Waals surface area (Å²) in [6, 6.07) is 17.8. The average Bonchev–Trinajstić information content (AvgIpc) is 2.92. The van der Waals surface area contributed by atoms with Crippen molar-refractivity contribution in [3.63, 3.8) is 0 Å². The average molecular weight is 527 g/mol. The molecule has 2 aliphatic heterocycles. The molecule has 2 aliphatic rings. The van der Waals surface area contributed by atoms with E-state index in [-0.39, 0.29) is 12.1 Å². The molecular formula is C29H42N4O5. The summed E-state index contributed by atoms with van der Waals surface area (Å²) in [6.07, 6.45) is 1.26. The van der Waals surface area contributed by atoms with E-state index in [0.717, 1.165) is 55.8 Å². The third-order valence-corrected chi connectivity index (χ3v) is 6.97. The monoisotopic (exact) mass is 526 g/mol. The molecule has 208 valence electrons. The molecule has 2 aromatic carbocycles. The number of aliphatic hydroxyl groups excluding tert-OH is 1. The minimum absolute atomic E-state index is 0.112. The smallest absolute Gasteiger partial charge is 0.319 e. The number of hydrogen-bond donors (Lipinski definition) is 3. The number of nitrogens with zero attached hydrogens (tertiary/aromatic N) is 2. The van der Waals surface area contributed by atoms with E-state index < -0.39 is 6.10 Å². The van der Waals surface area contributed by atoms with Crippen molar-refractivity contribution in [2.24, 2.45) is 0 Å². The fraction of sp³-hybridized carbons (Fsp3) is 0.552. The van der Waals surface area contributed by atoms with Gasteiger partial charge in [-0.05, 0) is 24.5 Å². The fourth-order valence-electron chi connectivity index (χ4n) is 4.94. The van der Waals surface area contributed by atoms with Gasteiger partial charge in [0.15, 0.2) is 0 Å². The van der Waals surface area contributed by atoms with Crippen LogP contribution in [0.3, 0.4) is 0 Å². The molecule has 0 spiro atoms. The van der Waals surface area contributed by atoms with Gasteiger partial charge in [-0.1, -0.05) is 48.5 Å². The van der Waals surface area contributed by atoms with Gasteiger partial charge in [0.05, 0.1) is 51.4 Å². The van der Waals surface area contributed by atoms with Crippen molar-refractivity contribution < 1.29 is 24.1 Å². The van der Waals surface area contributed by atoms with Crippen LogP contribution >= 0.6 is 0 Å². The number of nitrogens with one attached hydrogen (secondary N) is 2. The molecule has 9 heteroatoms. The molecule has 4 rings (SSSR count). The van der Waals surface area contributed by atoms with Crippen LogP contribution in [0.2, 0.25) is 0 Å². The number of ether oxygens (including phenoxy) is 3. The molecule has 0 aliphatic carbocycles. The summed E-state index contributed by atoms with van der Waals surface area (Å²) >= 11 is 0. The number of hydrogen-bond acceptors (Lipinski definition) is 7. The second kappa shape index (κ2) is 15.8. The zero-order valence-electron chi connectivity index (χ0n) is 22.2. The number of aliphatic hydroxyl groups is 1. The van der Waals surface area contributed by atoms with E-state index in [0.29, 0.717) is 52.7 Å². The lowest BCUT2D eigenvalue weighted by atomic mass is 10.0. The molecule has 0 saturated carbocycles. The lowest BCUT2D eigenvalue weighted by Crippen LogP contribution is -2.49. The zero-order chi connectivity index (χ0) is 26.4. The highest BCUT2D eigenvalue weighted by molar-refractivity contribution is 5.94. The van der Waals surface area contributed by atoms with Crippen molar-refractivity contribution in [3.8, 4) is 11.1 Å². The maximum atomic E-state index is 12.8. The van der Waals surface area contributed by atoms with Gasteiger partial charge in [-0.15, -0.1) is 0 Å². The third-order valence-electron chi connectivity index (χ3n) is 6.97. The lowest BCUT2D eigenvalue weighted by molar-refractivity contribution is -0.0141. The van der Waals surface area contributed by atoms with Crippen molar-refractivity contribution in [2.75, 3.05) is 84.2 Å². The summed E-state index contributed by atoms with van der Waals surface area (Å²) in [5.74, 6) is 0. The molecule has 1 unspecified atom stereocenters. The number of para-hydroxylation sites is 1. The van der Waals surface area contributed by atoms with Crippen molar-refractivity contribution in [2.45, 2.75) is 25.0 Å². The molecule has 2 heterocycles. The van der Waals surface area contributed by atoms with E-state index >= 15 is 0 Å². The van der Waals surface area contributed by atoms with Gasteiger partial charge < -0.3 is 34.9 Å². The summed E-state index contributed by atoms with van der Waals surface area (Å²) < 4.78 is 16.7. The first-order valence-electron chi connectivity index (χ1n) is 13.8. The van der Waals surface area contributed by atoms with E-state index in [1.54, 1.807) is 0 Å². The summed E-state index contributed by atoms with van der Waals surface area (Å²) in [4.78, 5) is 17.3. The zero-order valence-corrected chi connectivity index (χ0v) is 22.2. The third kappa shape index (κ3) is 9.65. The lowest BCUT2D eigenvalue weighted by Gasteiger charge is -2.34. The Morgan fingerprint density at radius 2 is 1.34 bits per heavy atom. The molecule has 0 bridgehead atoms. The quantitative estimate of drug-likeness (QED) is 0.511. The van der Waals surface area contributed by atoms with Gasteiger partial charge in [-0.25, -0.2) is 4.79 Å². The van der Waals surface area contributed by atoms with Crippen molar-refractivity contribution >= 4 is 11.7 Å². The Morgan fingerprint density at radius 1 is 0.789 bits per heavy atom. The predicted octanol–water partition coefficient (Wildman–Crippen LogP) is 2.67. The fourth-order valence-corrected chi connectivity index (χ4v) is 4.94. The number of carbonyl (C=O) groups excluding carboxylic acids is 1. The first kappa shape index (κ1) is 28.5. The molecule has 0 aromatic heterocycles. The number of urea groups is 1. The van der Waals surface area contributed by atoms with Gasteiger partial charge in [0.1, 0.15) is 0 Å². The Bertz CT molecular complexity index is 943. The number of benzene rings is 2. The number of amides is 2. The normalized spacial score (nSPS) is 20.1. The molecule has 0 radical (unpaired) electrons. The first-order valence-corrected chi connectivity index (χ1v) is 13.8.